The quantitative estimate of drug-likeness (QED) is 0.554. The summed E-state index contributed by atoms with van der Waals surface area (Å²) >= 11 is 3.52. The number of fused-ring (bicyclic) bond motifs is 1. The fraction of sp³-hybridized carbons (Fsp3) is 0. The number of rotatable bonds is 2. The number of nitrogens with zero attached hydrogens (tertiary/aromatic N) is 1. The van der Waals surface area contributed by atoms with Crippen molar-refractivity contribution in [2.45, 2.75) is 0 Å². The molecule has 0 atom stereocenters. The second kappa shape index (κ2) is 5.52. The SMILES string of the molecule is O=c1[nH]c2ccc(Br)cc2c(-c2ccccc2)c1-c1cnc[nH]1. The molecule has 0 unspecified atom stereocenters. The van der Waals surface area contributed by atoms with Gasteiger partial charge in [0.2, 0.25) is 0 Å². The van der Waals surface area contributed by atoms with Crippen LogP contribution in [0.3, 0.4) is 0 Å². The van der Waals surface area contributed by atoms with Gasteiger partial charge >= 0.3 is 0 Å². The Morgan fingerprint density at radius 1 is 1.00 bits per heavy atom. The first-order chi connectivity index (χ1) is 11.2. The molecule has 0 spiro atoms. The van der Waals surface area contributed by atoms with Gasteiger partial charge in [0.05, 0.1) is 23.8 Å². The maximum atomic E-state index is 12.7. The number of imidazole rings is 1. The van der Waals surface area contributed by atoms with Crippen LogP contribution >= 0.6 is 15.9 Å². The standard InChI is InChI=1S/C18H12BrN3O/c19-12-6-7-14-13(8-12)16(11-4-2-1-3-5-11)17(18(23)22-14)15-9-20-10-21-15/h1-10H,(H,20,21)(H,22,23). The lowest BCUT2D eigenvalue weighted by Gasteiger charge is -2.12. The third-order valence-electron chi connectivity index (χ3n) is 3.81. The van der Waals surface area contributed by atoms with Crippen molar-refractivity contribution in [3.8, 4) is 22.4 Å². The van der Waals surface area contributed by atoms with Crippen molar-refractivity contribution in [2.75, 3.05) is 0 Å². The van der Waals surface area contributed by atoms with E-state index in [0.717, 1.165) is 26.5 Å². The lowest BCUT2D eigenvalue weighted by molar-refractivity contribution is 1.28. The van der Waals surface area contributed by atoms with E-state index in [9.17, 15) is 4.79 Å². The van der Waals surface area contributed by atoms with Crippen LogP contribution in [-0.4, -0.2) is 15.0 Å². The lowest BCUT2D eigenvalue weighted by Crippen LogP contribution is -2.11. The number of H-pyrrole nitrogens is 2. The van der Waals surface area contributed by atoms with Gasteiger partial charge in [-0.3, -0.25) is 4.79 Å². The summed E-state index contributed by atoms with van der Waals surface area (Å²) in [6.45, 7) is 0. The van der Waals surface area contributed by atoms with Crippen molar-refractivity contribution in [3.05, 3.63) is 75.9 Å². The first kappa shape index (κ1) is 14.0. The Morgan fingerprint density at radius 2 is 1.83 bits per heavy atom. The summed E-state index contributed by atoms with van der Waals surface area (Å²) in [5.74, 6) is 0. The minimum atomic E-state index is -0.136. The molecule has 5 heteroatoms. The first-order valence-corrected chi connectivity index (χ1v) is 7.93. The third-order valence-corrected chi connectivity index (χ3v) is 4.30. The summed E-state index contributed by atoms with van der Waals surface area (Å²) in [7, 11) is 0. The molecule has 0 bridgehead atoms. The Labute approximate surface area is 140 Å². The second-order valence-electron chi connectivity index (χ2n) is 5.23. The van der Waals surface area contributed by atoms with Crippen LogP contribution in [0.25, 0.3) is 33.3 Å². The zero-order chi connectivity index (χ0) is 15.8. The van der Waals surface area contributed by atoms with E-state index in [0.29, 0.717) is 11.3 Å². The number of hydrogen-bond donors (Lipinski definition) is 2. The van der Waals surface area contributed by atoms with Gasteiger partial charge in [-0.05, 0) is 23.8 Å². The van der Waals surface area contributed by atoms with Crippen molar-refractivity contribution in [1.82, 2.24) is 15.0 Å². The highest BCUT2D eigenvalue weighted by molar-refractivity contribution is 9.10. The fourth-order valence-electron chi connectivity index (χ4n) is 2.82. The Morgan fingerprint density at radius 3 is 2.57 bits per heavy atom. The van der Waals surface area contributed by atoms with Gasteiger partial charge in [0.25, 0.3) is 5.56 Å². The molecule has 2 aromatic carbocycles. The minimum absolute atomic E-state index is 0.136. The molecule has 4 rings (SSSR count). The highest BCUT2D eigenvalue weighted by atomic mass is 79.9. The molecule has 0 radical (unpaired) electrons. The lowest BCUT2D eigenvalue weighted by atomic mass is 9.95. The highest BCUT2D eigenvalue weighted by Crippen LogP contribution is 2.35. The van der Waals surface area contributed by atoms with Crippen LogP contribution in [0.5, 0.6) is 0 Å². The smallest absolute Gasteiger partial charge is 0.258 e. The van der Waals surface area contributed by atoms with E-state index >= 15 is 0 Å². The average molecular weight is 366 g/mol. The highest BCUT2D eigenvalue weighted by Gasteiger charge is 2.17. The average Bonchev–Trinajstić information content (AvgIpc) is 3.09. The molecule has 0 aliphatic heterocycles. The number of aromatic amines is 2. The Balaban J connectivity index is 2.20. The van der Waals surface area contributed by atoms with E-state index < -0.39 is 0 Å². The van der Waals surface area contributed by atoms with Crippen LogP contribution in [0.15, 0.2) is 70.3 Å². The minimum Gasteiger partial charge on any atom is -0.344 e. The van der Waals surface area contributed by atoms with Crippen LogP contribution in [0.2, 0.25) is 0 Å². The number of pyridine rings is 1. The molecule has 4 aromatic rings. The molecule has 23 heavy (non-hydrogen) atoms. The van der Waals surface area contributed by atoms with Crippen molar-refractivity contribution in [1.29, 1.82) is 0 Å². The van der Waals surface area contributed by atoms with Crippen molar-refractivity contribution in [3.63, 3.8) is 0 Å². The molecule has 0 saturated heterocycles. The molecule has 0 aliphatic rings. The monoisotopic (exact) mass is 365 g/mol. The largest absolute Gasteiger partial charge is 0.344 e. The van der Waals surface area contributed by atoms with Crippen molar-refractivity contribution in [2.24, 2.45) is 0 Å². The molecule has 0 saturated carbocycles. The van der Waals surface area contributed by atoms with Crippen LogP contribution in [0, 0.1) is 0 Å². The molecule has 0 aliphatic carbocycles. The summed E-state index contributed by atoms with van der Waals surface area (Å²) in [6.07, 6.45) is 3.25. The number of nitrogens with one attached hydrogen (secondary N) is 2. The predicted octanol–water partition coefficient (Wildman–Crippen LogP) is 4.35. The zero-order valence-corrected chi connectivity index (χ0v) is 13.6. The summed E-state index contributed by atoms with van der Waals surface area (Å²) in [6, 6.07) is 15.8. The summed E-state index contributed by atoms with van der Waals surface area (Å²) in [5.41, 5.74) is 3.86. The van der Waals surface area contributed by atoms with E-state index in [1.54, 1.807) is 12.5 Å². The van der Waals surface area contributed by atoms with Crippen molar-refractivity contribution >= 4 is 26.8 Å². The Kier molecular flexibility index (Phi) is 3.35. The molecular weight excluding hydrogens is 354 g/mol. The van der Waals surface area contributed by atoms with Crippen LogP contribution < -0.4 is 5.56 Å². The summed E-state index contributed by atoms with van der Waals surface area (Å²) in [4.78, 5) is 22.8. The molecule has 2 aromatic heterocycles. The zero-order valence-electron chi connectivity index (χ0n) is 12.0. The van der Waals surface area contributed by atoms with Crippen LogP contribution in [0.4, 0.5) is 0 Å². The Bertz CT molecular complexity index is 1040. The van der Waals surface area contributed by atoms with Gasteiger partial charge in [-0.2, -0.15) is 0 Å². The van der Waals surface area contributed by atoms with Gasteiger partial charge in [0, 0.05) is 20.9 Å². The van der Waals surface area contributed by atoms with Gasteiger partial charge in [0.15, 0.2) is 0 Å². The topological polar surface area (TPSA) is 61.5 Å². The van der Waals surface area contributed by atoms with Gasteiger partial charge in [-0.15, -0.1) is 0 Å². The molecule has 4 nitrogen and oxygen atoms in total. The second-order valence-corrected chi connectivity index (χ2v) is 6.14. The predicted molar refractivity (Wildman–Crippen MR) is 95.3 cm³/mol. The van der Waals surface area contributed by atoms with Gasteiger partial charge in [0.1, 0.15) is 0 Å². The number of hydrogen-bond acceptors (Lipinski definition) is 2. The van der Waals surface area contributed by atoms with Gasteiger partial charge in [-0.1, -0.05) is 46.3 Å². The molecule has 2 N–H and O–H groups in total. The molecule has 2 heterocycles. The number of halogens is 1. The summed E-state index contributed by atoms with van der Waals surface area (Å²) < 4.78 is 0.963. The van der Waals surface area contributed by atoms with E-state index in [2.05, 4.69) is 30.9 Å². The number of benzene rings is 2. The van der Waals surface area contributed by atoms with E-state index in [4.69, 9.17) is 0 Å². The molecule has 112 valence electrons. The van der Waals surface area contributed by atoms with Gasteiger partial charge in [-0.25, -0.2) is 4.98 Å². The first-order valence-electron chi connectivity index (χ1n) is 7.14. The molecular formula is C18H12BrN3O. The maximum Gasteiger partial charge on any atom is 0.258 e. The molecule has 0 fully saturated rings. The third kappa shape index (κ3) is 2.39. The van der Waals surface area contributed by atoms with Crippen molar-refractivity contribution < 1.29 is 0 Å². The summed E-state index contributed by atoms with van der Waals surface area (Å²) in [5, 5.41) is 0.981. The molecule has 0 amide bonds. The number of aromatic nitrogens is 3. The maximum absolute atomic E-state index is 12.7. The van der Waals surface area contributed by atoms with Gasteiger partial charge < -0.3 is 9.97 Å². The van der Waals surface area contributed by atoms with Crippen LogP contribution in [-0.2, 0) is 0 Å². The van der Waals surface area contributed by atoms with E-state index in [1.165, 1.54) is 0 Å². The van der Waals surface area contributed by atoms with E-state index in [-0.39, 0.29) is 5.56 Å². The van der Waals surface area contributed by atoms with E-state index in [1.807, 2.05) is 48.5 Å². The van der Waals surface area contributed by atoms with Crippen LogP contribution in [0.1, 0.15) is 0 Å². The fourth-order valence-corrected chi connectivity index (χ4v) is 3.18. The normalized spacial score (nSPS) is 11.0. The Hall–Kier alpha value is -2.66.